The Kier molecular flexibility index (Phi) is 6.00. The second-order valence-corrected chi connectivity index (χ2v) is 8.13. The van der Waals surface area contributed by atoms with E-state index in [2.05, 4.69) is 12.2 Å². The largest absolute Gasteiger partial charge is 0.452 e. The molecule has 1 unspecified atom stereocenters. The van der Waals surface area contributed by atoms with Crippen molar-refractivity contribution in [2.45, 2.75) is 32.7 Å². The second kappa shape index (κ2) is 8.84. The number of para-hydroxylation sites is 1. The van der Waals surface area contributed by atoms with Crippen LogP contribution in [0.1, 0.15) is 40.5 Å². The number of carbonyl (C=O) groups is 2. The molecule has 1 amide bonds. The van der Waals surface area contributed by atoms with Gasteiger partial charge in [0.15, 0.2) is 6.61 Å². The van der Waals surface area contributed by atoms with Gasteiger partial charge in [0.1, 0.15) is 0 Å². The molecule has 1 aliphatic rings. The summed E-state index contributed by atoms with van der Waals surface area (Å²) < 4.78 is 5.41. The van der Waals surface area contributed by atoms with Crippen molar-refractivity contribution >= 4 is 34.4 Å². The Morgan fingerprint density at radius 2 is 1.93 bits per heavy atom. The van der Waals surface area contributed by atoms with Gasteiger partial charge in [0.2, 0.25) is 0 Å². The third-order valence-corrected chi connectivity index (χ3v) is 5.85. The molecule has 0 saturated carbocycles. The quantitative estimate of drug-likeness (QED) is 0.615. The summed E-state index contributed by atoms with van der Waals surface area (Å²) in [5.41, 5.74) is 4.04. The first-order valence-corrected chi connectivity index (χ1v) is 10.5. The van der Waals surface area contributed by atoms with Crippen molar-refractivity contribution in [3.05, 3.63) is 75.9 Å². The molecule has 30 heavy (non-hydrogen) atoms. The van der Waals surface area contributed by atoms with Crippen LogP contribution in [0.3, 0.4) is 0 Å². The van der Waals surface area contributed by atoms with Gasteiger partial charge in [0.05, 0.1) is 11.1 Å². The first-order valence-electron chi connectivity index (χ1n) is 10.1. The highest BCUT2D eigenvalue weighted by Crippen LogP contribution is 2.32. The molecule has 0 fully saturated rings. The zero-order chi connectivity index (χ0) is 21.1. The van der Waals surface area contributed by atoms with E-state index in [9.17, 15) is 9.59 Å². The molecule has 0 spiro atoms. The molecule has 2 aromatic carbocycles. The van der Waals surface area contributed by atoms with Crippen molar-refractivity contribution in [3.63, 3.8) is 0 Å². The first-order chi connectivity index (χ1) is 14.5. The number of hydrogen-bond donors (Lipinski definition) is 1. The van der Waals surface area contributed by atoms with E-state index in [4.69, 9.17) is 21.3 Å². The Balaban J connectivity index is 1.50. The van der Waals surface area contributed by atoms with Crippen LogP contribution in [0.15, 0.2) is 48.5 Å². The fourth-order valence-corrected chi connectivity index (χ4v) is 4.09. The number of esters is 1. The molecule has 0 bridgehead atoms. The number of hydrogen-bond acceptors (Lipinski definition) is 4. The molecule has 154 valence electrons. The number of fused-ring (bicyclic) bond motifs is 2. The number of rotatable bonds is 5. The van der Waals surface area contributed by atoms with Crippen molar-refractivity contribution in [1.82, 2.24) is 10.3 Å². The van der Waals surface area contributed by atoms with Gasteiger partial charge >= 0.3 is 5.97 Å². The molecule has 1 aliphatic carbocycles. The van der Waals surface area contributed by atoms with Gasteiger partial charge in [0, 0.05) is 22.6 Å². The van der Waals surface area contributed by atoms with Gasteiger partial charge in [-0.25, -0.2) is 4.79 Å². The number of carbonyl (C=O) groups excluding carboxylic acids is 2. The van der Waals surface area contributed by atoms with Crippen molar-refractivity contribution in [2.75, 3.05) is 6.61 Å². The summed E-state index contributed by atoms with van der Waals surface area (Å²) in [5.74, 6) is -0.373. The summed E-state index contributed by atoms with van der Waals surface area (Å²) >= 11 is 6.11. The summed E-state index contributed by atoms with van der Waals surface area (Å²) in [4.78, 5) is 30.0. The lowest BCUT2D eigenvalue weighted by molar-refractivity contribution is -0.124. The van der Waals surface area contributed by atoms with E-state index in [1.165, 1.54) is 0 Å². The fourth-order valence-electron chi connectivity index (χ4n) is 3.89. The Morgan fingerprint density at radius 1 is 1.17 bits per heavy atom. The average molecular weight is 423 g/mol. The van der Waals surface area contributed by atoms with Crippen LogP contribution in [0.5, 0.6) is 0 Å². The van der Waals surface area contributed by atoms with Crippen molar-refractivity contribution in [1.29, 1.82) is 0 Å². The minimum absolute atomic E-state index is 0.279. The van der Waals surface area contributed by atoms with Gasteiger partial charge < -0.3 is 10.1 Å². The van der Waals surface area contributed by atoms with Crippen molar-refractivity contribution in [2.24, 2.45) is 5.92 Å². The summed E-state index contributed by atoms with van der Waals surface area (Å²) in [7, 11) is 0. The fraction of sp³-hybridized carbons (Fsp3) is 0.292. The van der Waals surface area contributed by atoms with E-state index in [1.54, 1.807) is 6.07 Å². The lowest BCUT2D eigenvalue weighted by atomic mass is 9.84. The Bertz CT molecular complexity index is 1110. The molecule has 1 N–H and O–H groups in total. The average Bonchev–Trinajstić information content (AvgIpc) is 2.75. The van der Waals surface area contributed by atoms with Crippen molar-refractivity contribution < 1.29 is 14.3 Å². The van der Waals surface area contributed by atoms with Crippen molar-refractivity contribution in [3.8, 4) is 0 Å². The van der Waals surface area contributed by atoms with E-state index in [0.717, 1.165) is 47.0 Å². The second-order valence-electron chi connectivity index (χ2n) is 7.72. The van der Waals surface area contributed by atoms with Gasteiger partial charge in [-0.05, 0) is 48.4 Å². The number of amides is 1. The molecule has 3 aromatic rings. The number of pyridine rings is 1. The normalized spacial score (nSPS) is 15.5. The SMILES string of the molecule is CC1CCc2nc3ccccc3c(C(=O)OCC(=O)NCc3ccccc3Cl)c2C1. The van der Waals surface area contributed by atoms with Crippen LogP contribution in [-0.2, 0) is 28.9 Å². The maximum absolute atomic E-state index is 13.0. The maximum Gasteiger partial charge on any atom is 0.339 e. The third kappa shape index (κ3) is 4.31. The number of halogens is 1. The maximum atomic E-state index is 13.0. The summed E-state index contributed by atoms with van der Waals surface area (Å²) in [5, 5.41) is 4.09. The third-order valence-electron chi connectivity index (χ3n) is 5.48. The molecule has 1 heterocycles. The molecule has 0 radical (unpaired) electrons. The highest BCUT2D eigenvalue weighted by molar-refractivity contribution is 6.31. The Hall–Kier alpha value is -2.92. The molecular formula is C24H23ClN2O3. The predicted octanol–water partition coefficient (Wildman–Crippen LogP) is 4.49. The molecule has 0 aliphatic heterocycles. The minimum Gasteiger partial charge on any atom is -0.452 e. The van der Waals surface area contributed by atoms with Crippen LogP contribution >= 0.6 is 11.6 Å². The van der Waals surface area contributed by atoms with Crippen LogP contribution in [0, 0.1) is 5.92 Å². The summed E-state index contributed by atoms with van der Waals surface area (Å²) in [6, 6.07) is 14.9. The topological polar surface area (TPSA) is 68.3 Å². The predicted molar refractivity (Wildman–Crippen MR) is 117 cm³/mol. The van der Waals surface area contributed by atoms with Crippen LogP contribution in [0.4, 0.5) is 0 Å². The molecular weight excluding hydrogens is 400 g/mol. The minimum atomic E-state index is -0.480. The number of aryl methyl sites for hydroxylation is 1. The standard InChI is InChI=1S/C24H23ClN2O3/c1-15-10-11-21-18(12-15)23(17-7-3-5-9-20(17)27-21)24(29)30-14-22(28)26-13-16-6-2-4-8-19(16)25/h2-9,15H,10-14H2,1H3,(H,26,28). The first kappa shape index (κ1) is 20.4. The van der Waals surface area contributed by atoms with E-state index in [0.29, 0.717) is 16.5 Å². The van der Waals surface area contributed by atoms with Gasteiger partial charge in [-0.15, -0.1) is 0 Å². The number of benzene rings is 2. The smallest absolute Gasteiger partial charge is 0.339 e. The molecule has 1 aromatic heterocycles. The molecule has 5 nitrogen and oxygen atoms in total. The Labute approximate surface area is 180 Å². The van der Waals surface area contributed by atoms with Gasteiger partial charge in [-0.2, -0.15) is 0 Å². The van der Waals surface area contributed by atoms with E-state index >= 15 is 0 Å². The number of aromatic nitrogens is 1. The Morgan fingerprint density at radius 3 is 2.77 bits per heavy atom. The van der Waals surface area contributed by atoms with E-state index in [1.807, 2.05) is 42.5 Å². The van der Waals surface area contributed by atoms with E-state index < -0.39 is 5.97 Å². The number of nitrogens with one attached hydrogen (secondary N) is 1. The number of ether oxygens (including phenoxy) is 1. The van der Waals surface area contributed by atoms with Crippen LogP contribution in [0.2, 0.25) is 5.02 Å². The molecule has 6 heteroatoms. The lowest BCUT2D eigenvalue weighted by Gasteiger charge is -2.24. The number of nitrogens with zero attached hydrogens (tertiary/aromatic N) is 1. The van der Waals surface area contributed by atoms with Gasteiger partial charge in [-0.1, -0.05) is 54.9 Å². The summed E-state index contributed by atoms with van der Waals surface area (Å²) in [6.07, 6.45) is 2.69. The van der Waals surface area contributed by atoms with Crippen LogP contribution in [0.25, 0.3) is 10.9 Å². The summed E-state index contributed by atoms with van der Waals surface area (Å²) in [6.45, 7) is 2.11. The monoisotopic (exact) mass is 422 g/mol. The lowest BCUT2D eigenvalue weighted by Crippen LogP contribution is -2.29. The van der Waals surface area contributed by atoms with Gasteiger partial charge in [-0.3, -0.25) is 9.78 Å². The van der Waals surface area contributed by atoms with Gasteiger partial charge in [0.25, 0.3) is 5.91 Å². The van der Waals surface area contributed by atoms with E-state index in [-0.39, 0.29) is 19.1 Å². The van der Waals surface area contributed by atoms with Crippen LogP contribution < -0.4 is 5.32 Å². The highest BCUT2D eigenvalue weighted by atomic mass is 35.5. The highest BCUT2D eigenvalue weighted by Gasteiger charge is 2.26. The molecule has 0 saturated heterocycles. The molecule has 4 rings (SSSR count). The molecule has 1 atom stereocenters. The zero-order valence-corrected chi connectivity index (χ0v) is 17.5. The van der Waals surface area contributed by atoms with Crippen LogP contribution in [-0.4, -0.2) is 23.5 Å². The zero-order valence-electron chi connectivity index (χ0n) is 16.8.